The van der Waals surface area contributed by atoms with Crippen LogP contribution >= 0.6 is 0 Å². The Bertz CT molecular complexity index is 286. The normalized spacial score (nSPS) is 32.9. The molecule has 1 aliphatic heterocycles. The van der Waals surface area contributed by atoms with Gasteiger partial charge in [-0.05, 0) is 82.3 Å². The quantitative estimate of drug-likeness (QED) is 0.824. The summed E-state index contributed by atoms with van der Waals surface area (Å²) in [6.45, 7) is 13.4. The van der Waals surface area contributed by atoms with Gasteiger partial charge in [0.2, 0.25) is 0 Å². The van der Waals surface area contributed by atoms with Crippen molar-refractivity contribution in [2.75, 3.05) is 19.6 Å². The van der Waals surface area contributed by atoms with Gasteiger partial charge in [-0.15, -0.1) is 0 Å². The smallest absolute Gasteiger partial charge is 0.00964 e. The molecule has 1 unspecified atom stereocenters. The number of hydrogen-bond acceptors (Lipinski definition) is 2. The Morgan fingerprint density at radius 2 is 1.67 bits per heavy atom. The molecule has 2 heteroatoms. The van der Waals surface area contributed by atoms with E-state index in [0.29, 0.717) is 5.41 Å². The molecular weight excluding hydrogens is 256 g/mol. The molecule has 0 aromatic rings. The Morgan fingerprint density at radius 1 is 0.952 bits per heavy atom. The Kier molecular flexibility index (Phi) is 6.55. The number of rotatable bonds is 4. The average molecular weight is 295 g/mol. The minimum absolute atomic E-state index is 0.498. The SMILES string of the molecule is CCCNC1CCC(N2CCCC(C(C)(C)C)CC2)CC1. The third kappa shape index (κ3) is 5.25. The van der Waals surface area contributed by atoms with Crippen LogP contribution in [0.3, 0.4) is 0 Å². The molecule has 2 rings (SSSR count). The molecule has 1 aliphatic carbocycles. The van der Waals surface area contributed by atoms with Gasteiger partial charge < -0.3 is 10.2 Å². The van der Waals surface area contributed by atoms with E-state index in [1.165, 1.54) is 71.0 Å². The monoisotopic (exact) mass is 294 g/mol. The second-order valence-corrected chi connectivity index (χ2v) is 8.49. The van der Waals surface area contributed by atoms with Crippen LogP contribution in [0.4, 0.5) is 0 Å². The Balaban J connectivity index is 1.76. The van der Waals surface area contributed by atoms with Gasteiger partial charge in [0, 0.05) is 12.1 Å². The minimum Gasteiger partial charge on any atom is -0.314 e. The van der Waals surface area contributed by atoms with Crippen LogP contribution in [0.2, 0.25) is 0 Å². The van der Waals surface area contributed by atoms with E-state index in [4.69, 9.17) is 0 Å². The molecule has 0 aromatic carbocycles. The second-order valence-electron chi connectivity index (χ2n) is 8.49. The predicted molar refractivity (Wildman–Crippen MR) is 92.7 cm³/mol. The lowest BCUT2D eigenvalue weighted by molar-refractivity contribution is 0.140. The molecule has 1 saturated heterocycles. The molecule has 124 valence electrons. The highest BCUT2D eigenvalue weighted by molar-refractivity contribution is 4.86. The van der Waals surface area contributed by atoms with Crippen LogP contribution in [-0.2, 0) is 0 Å². The molecule has 0 radical (unpaired) electrons. The number of likely N-dealkylation sites (tertiary alicyclic amines) is 1. The van der Waals surface area contributed by atoms with Gasteiger partial charge in [0.25, 0.3) is 0 Å². The molecule has 1 N–H and O–H groups in total. The molecule has 2 aliphatic rings. The third-order valence-corrected chi connectivity index (χ3v) is 5.88. The number of hydrogen-bond donors (Lipinski definition) is 1. The van der Waals surface area contributed by atoms with E-state index < -0.39 is 0 Å². The zero-order valence-corrected chi connectivity index (χ0v) is 15.0. The fraction of sp³-hybridized carbons (Fsp3) is 1.00. The van der Waals surface area contributed by atoms with E-state index in [1.54, 1.807) is 0 Å². The first-order valence-electron chi connectivity index (χ1n) is 9.48. The molecule has 0 amide bonds. The molecule has 1 heterocycles. The van der Waals surface area contributed by atoms with Gasteiger partial charge in [-0.1, -0.05) is 27.7 Å². The van der Waals surface area contributed by atoms with Crippen molar-refractivity contribution in [1.82, 2.24) is 10.2 Å². The maximum atomic E-state index is 3.72. The summed E-state index contributed by atoms with van der Waals surface area (Å²) in [6.07, 6.45) is 11.2. The van der Waals surface area contributed by atoms with E-state index in [1.807, 2.05) is 0 Å². The van der Waals surface area contributed by atoms with Crippen LogP contribution in [-0.4, -0.2) is 36.6 Å². The summed E-state index contributed by atoms with van der Waals surface area (Å²) in [6, 6.07) is 1.68. The first kappa shape index (κ1) is 17.3. The van der Waals surface area contributed by atoms with E-state index in [9.17, 15) is 0 Å². The predicted octanol–water partition coefficient (Wildman–Crippen LogP) is 4.45. The maximum absolute atomic E-state index is 3.72. The van der Waals surface area contributed by atoms with Crippen molar-refractivity contribution in [1.29, 1.82) is 0 Å². The summed E-state index contributed by atoms with van der Waals surface area (Å²) >= 11 is 0. The summed E-state index contributed by atoms with van der Waals surface area (Å²) in [5.74, 6) is 0.921. The van der Waals surface area contributed by atoms with Crippen LogP contribution in [0.25, 0.3) is 0 Å². The van der Waals surface area contributed by atoms with Crippen LogP contribution in [0, 0.1) is 11.3 Å². The molecule has 1 saturated carbocycles. The van der Waals surface area contributed by atoms with Crippen molar-refractivity contribution < 1.29 is 0 Å². The fourth-order valence-corrected chi connectivity index (χ4v) is 4.34. The van der Waals surface area contributed by atoms with E-state index in [-0.39, 0.29) is 0 Å². The van der Waals surface area contributed by atoms with Gasteiger partial charge in [-0.25, -0.2) is 0 Å². The second kappa shape index (κ2) is 7.97. The van der Waals surface area contributed by atoms with Gasteiger partial charge in [0.05, 0.1) is 0 Å². The van der Waals surface area contributed by atoms with E-state index in [0.717, 1.165) is 18.0 Å². The molecular formula is C19H38N2. The average Bonchev–Trinajstić information content (AvgIpc) is 2.71. The van der Waals surface area contributed by atoms with Gasteiger partial charge >= 0.3 is 0 Å². The lowest BCUT2D eigenvalue weighted by Gasteiger charge is -2.37. The van der Waals surface area contributed by atoms with Gasteiger partial charge in [0.15, 0.2) is 0 Å². The topological polar surface area (TPSA) is 15.3 Å². The van der Waals surface area contributed by atoms with E-state index in [2.05, 4.69) is 37.9 Å². The van der Waals surface area contributed by atoms with Crippen molar-refractivity contribution in [2.24, 2.45) is 11.3 Å². The van der Waals surface area contributed by atoms with Crippen molar-refractivity contribution in [3.05, 3.63) is 0 Å². The van der Waals surface area contributed by atoms with Crippen molar-refractivity contribution >= 4 is 0 Å². The molecule has 0 spiro atoms. The zero-order valence-electron chi connectivity index (χ0n) is 15.0. The van der Waals surface area contributed by atoms with Crippen LogP contribution in [0.1, 0.15) is 79.1 Å². The van der Waals surface area contributed by atoms with Crippen LogP contribution in [0.15, 0.2) is 0 Å². The lowest BCUT2D eigenvalue weighted by atomic mass is 9.77. The summed E-state index contributed by atoms with van der Waals surface area (Å²) in [7, 11) is 0. The zero-order chi connectivity index (χ0) is 15.3. The summed E-state index contributed by atoms with van der Waals surface area (Å²) in [4.78, 5) is 2.84. The molecule has 21 heavy (non-hydrogen) atoms. The third-order valence-electron chi connectivity index (χ3n) is 5.88. The highest BCUT2D eigenvalue weighted by atomic mass is 15.2. The highest BCUT2D eigenvalue weighted by Gasteiger charge is 2.30. The molecule has 1 atom stereocenters. The van der Waals surface area contributed by atoms with Crippen molar-refractivity contribution in [3.63, 3.8) is 0 Å². The molecule has 2 fully saturated rings. The highest BCUT2D eigenvalue weighted by Crippen LogP contribution is 2.35. The van der Waals surface area contributed by atoms with Crippen molar-refractivity contribution in [2.45, 2.75) is 91.1 Å². The maximum Gasteiger partial charge on any atom is 0.00964 e. The summed E-state index contributed by atoms with van der Waals surface area (Å²) < 4.78 is 0. The largest absolute Gasteiger partial charge is 0.314 e. The standard InChI is InChI=1S/C19H38N2/c1-5-13-20-17-8-10-18(11-9-17)21-14-6-7-16(12-15-21)19(2,3)4/h16-18,20H,5-15H2,1-4H3. The Labute approximate surface area is 133 Å². The summed E-state index contributed by atoms with van der Waals surface area (Å²) in [5, 5.41) is 3.72. The van der Waals surface area contributed by atoms with Crippen LogP contribution in [0.5, 0.6) is 0 Å². The van der Waals surface area contributed by atoms with Crippen LogP contribution < -0.4 is 5.32 Å². The molecule has 0 aromatic heterocycles. The Hall–Kier alpha value is -0.0800. The number of nitrogens with zero attached hydrogens (tertiary/aromatic N) is 1. The number of nitrogens with one attached hydrogen (secondary N) is 1. The first-order valence-corrected chi connectivity index (χ1v) is 9.48. The van der Waals surface area contributed by atoms with Gasteiger partial charge in [0.1, 0.15) is 0 Å². The fourth-order valence-electron chi connectivity index (χ4n) is 4.34. The van der Waals surface area contributed by atoms with Crippen molar-refractivity contribution in [3.8, 4) is 0 Å². The van der Waals surface area contributed by atoms with Gasteiger partial charge in [-0.2, -0.15) is 0 Å². The molecule has 0 bridgehead atoms. The lowest BCUT2D eigenvalue weighted by Crippen LogP contribution is -2.43. The summed E-state index contributed by atoms with van der Waals surface area (Å²) in [5.41, 5.74) is 0.498. The van der Waals surface area contributed by atoms with Gasteiger partial charge in [-0.3, -0.25) is 0 Å². The Morgan fingerprint density at radius 3 is 2.29 bits per heavy atom. The minimum atomic E-state index is 0.498. The molecule has 2 nitrogen and oxygen atoms in total. The van der Waals surface area contributed by atoms with E-state index >= 15 is 0 Å². The first-order chi connectivity index (χ1) is 10.0.